The lowest BCUT2D eigenvalue weighted by molar-refractivity contribution is 1.17. The van der Waals surface area contributed by atoms with E-state index in [1.807, 2.05) is 18.2 Å². The van der Waals surface area contributed by atoms with Crippen molar-refractivity contribution >= 4 is 21.7 Å². The summed E-state index contributed by atoms with van der Waals surface area (Å²) >= 11 is 0. The number of aromatic amines is 1. The molecular formula is C11H7N3O. The minimum Gasteiger partial charge on any atom is -0.313 e. The molecule has 3 rings (SSSR count). The molecule has 0 aliphatic heterocycles. The summed E-state index contributed by atoms with van der Waals surface area (Å²) in [6, 6.07) is 5.65. The number of hydrogen-bond acceptors (Lipinski definition) is 3. The maximum Gasteiger partial charge on any atom is 0.259 e. The lowest BCUT2D eigenvalue weighted by Gasteiger charge is -2.00. The summed E-state index contributed by atoms with van der Waals surface area (Å²) in [5, 5.41) is 2.43. The molecule has 3 aromatic rings. The fourth-order valence-electron chi connectivity index (χ4n) is 1.73. The highest BCUT2D eigenvalue weighted by Gasteiger charge is 2.04. The van der Waals surface area contributed by atoms with E-state index in [0.717, 1.165) is 10.8 Å². The van der Waals surface area contributed by atoms with E-state index in [1.165, 1.54) is 6.33 Å². The van der Waals surface area contributed by atoms with Crippen LogP contribution in [0, 0.1) is 0 Å². The number of H-pyrrole nitrogens is 1. The molecule has 1 N–H and O–H groups in total. The normalized spacial score (nSPS) is 10.9. The van der Waals surface area contributed by atoms with Crippen LogP contribution in [0.3, 0.4) is 0 Å². The first-order chi connectivity index (χ1) is 7.36. The van der Waals surface area contributed by atoms with Crippen molar-refractivity contribution in [2.45, 2.75) is 0 Å². The SMILES string of the molecule is O=c1[nH]cnc2ccc3ccncc3c12. The molecule has 2 aromatic heterocycles. The van der Waals surface area contributed by atoms with E-state index in [1.54, 1.807) is 12.4 Å². The van der Waals surface area contributed by atoms with E-state index in [4.69, 9.17) is 0 Å². The zero-order valence-electron chi connectivity index (χ0n) is 7.77. The van der Waals surface area contributed by atoms with Gasteiger partial charge in [0.15, 0.2) is 0 Å². The summed E-state index contributed by atoms with van der Waals surface area (Å²) in [6.07, 6.45) is 4.81. The average molecular weight is 197 g/mol. The van der Waals surface area contributed by atoms with Gasteiger partial charge in [-0.1, -0.05) is 6.07 Å². The first kappa shape index (κ1) is 8.11. The second-order valence-corrected chi connectivity index (χ2v) is 3.29. The van der Waals surface area contributed by atoms with Crippen molar-refractivity contribution in [2.24, 2.45) is 0 Å². The molecule has 72 valence electrons. The molecule has 1 aromatic carbocycles. The van der Waals surface area contributed by atoms with E-state index in [9.17, 15) is 4.79 Å². The second kappa shape index (κ2) is 2.88. The molecule has 4 heteroatoms. The molecule has 0 radical (unpaired) electrons. The standard InChI is InChI=1S/C11H7N3O/c15-11-10-8-5-12-4-3-7(8)1-2-9(10)13-6-14-11/h1-6H,(H,13,14,15). The molecule has 0 spiro atoms. The number of hydrogen-bond donors (Lipinski definition) is 1. The van der Waals surface area contributed by atoms with Crippen molar-refractivity contribution < 1.29 is 0 Å². The van der Waals surface area contributed by atoms with Crippen molar-refractivity contribution in [1.82, 2.24) is 15.0 Å². The van der Waals surface area contributed by atoms with Crippen molar-refractivity contribution in [3.05, 3.63) is 47.3 Å². The molecule has 0 bridgehead atoms. The molecule has 15 heavy (non-hydrogen) atoms. The Morgan fingerprint density at radius 2 is 2.13 bits per heavy atom. The molecular weight excluding hydrogens is 190 g/mol. The van der Waals surface area contributed by atoms with E-state index in [2.05, 4.69) is 15.0 Å². The van der Waals surface area contributed by atoms with Crippen molar-refractivity contribution in [1.29, 1.82) is 0 Å². The molecule has 4 nitrogen and oxygen atoms in total. The molecule has 0 saturated heterocycles. The van der Waals surface area contributed by atoms with Gasteiger partial charge in [-0.25, -0.2) is 4.98 Å². The Morgan fingerprint density at radius 1 is 1.20 bits per heavy atom. The molecule has 0 saturated carbocycles. The predicted molar refractivity (Wildman–Crippen MR) is 57.7 cm³/mol. The Hall–Kier alpha value is -2.23. The largest absolute Gasteiger partial charge is 0.313 e. The van der Waals surface area contributed by atoms with Gasteiger partial charge >= 0.3 is 0 Å². The zero-order chi connectivity index (χ0) is 10.3. The smallest absolute Gasteiger partial charge is 0.259 e. The van der Waals surface area contributed by atoms with Gasteiger partial charge in [-0.3, -0.25) is 9.78 Å². The van der Waals surface area contributed by atoms with Gasteiger partial charge in [0, 0.05) is 17.8 Å². The minimum atomic E-state index is -0.126. The Kier molecular flexibility index (Phi) is 1.56. The van der Waals surface area contributed by atoms with E-state index in [-0.39, 0.29) is 5.56 Å². The molecule has 0 fully saturated rings. The molecule has 2 heterocycles. The molecule has 0 unspecified atom stereocenters. The Morgan fingerprint density at radius 3 is 3.07 bits per heavy atom. The van der Waals surface area contributed by atoms with Gasteiger partial charge < -0.3 is 4.98 Å². The maximum atomic E-state index is 11.7. The Labute approximate surface area is 84.6 Å². The van der Waals surface area contributed by atoms with Crippen LogP contribution in [0.15, 0.2) is 41.7 Å². The molecule has 0 atom stereocenters. The first-order valence-corrected chi connectivity index (χ1v) is 4.56. The number of benzene rings is 1. The molecule has 0 amide bonds. The zero-order valence-corrected chi connectivity index (χ0v) is 7.77. The lowest BCUT2D eigenvalue weighted by atomic mass is 10.1. The summed E-state index contributed by atoms with van der Waals surface area (Å²) in [5.41, 5.74) is 0.567. The Balaban J connectivity index is 2.70. The van der Waals surface area contributed by atoms with E-state index < -0.39 is 0 Å². The summed E-state index contributed by atoms with van der Waals surface area (Å²) < 4.78 is 0. The third kappa shape index (κ3) is 1.11. The summed E-state index contributed by atoms with van der Waals surface area (Å²) in [7, 11) is 0. The van der Waals surface area contributed by atoms with Gasteiger partial charge in [0.2, 0.25) is 0 Å². The predicted octanol–water partition coefficient (Wildman–Crippen LogP) is 1.47. The van der Waals surface area contributed by atoms with Crippen LogP contribution >= 0.6 is 0 Å². The Bertz CT molecular complexity index is 703. The van der Waals surface area contributed by atoms with Crippen LogP contribution in [0.2, 0.25) is 0 Å². The van der Waals surface area contributed by atoms with Gasteiger partial charge in [-0.05, 0) is 17.5 Å². The second-order valence-electron chi connectivity index (χ2n) is 3.29. The average Bonchev–Trinajstić information content (AvgIpc) is 2.29. The third-order valence-electron chi connectivity index (χ3n) is 2.43. The third-order valence-corrected chi connectivity index (χ3v) is 2.43. The quantitative estimate of drug-likeness (QED) is 0.555. The number of nitrogens with one attached hydrogen (secondary N) is 1. The van der Waals surface area contributed by atoms with Crippen LogP contribution < -0.4 is 5.56 Å². The van der Waals surface area contributed by atoms with Crippen LogP contribution in [0.1, 0.15) is 0 Å². The highest BCUT2D eigenvalue weighted by Crippen LogP contribution is 2.19. The van der Waals surface area contributed by atoms with Crippen LogP contribution in [0.5, 0.6) is 0 Å². The van der Waals surface area contributed by atoms with E-state index >= 15 is 0 Å². The van der Waals surface area contributed by atoms with Crippen molar-refractivity contribution in [2.75, 3.05) is 0 Å². The lowest BCUT2D eigenvalue weighted by Crippen LogP contribution is -2.06. The number of aromatic nitrogens is 3. The summed E-state index contributed by atoms with van der Waals surface area (Å²) in [6.45, 7) is 0. The monoisotopic (exact) mass is 197 g/mol. The van der Waals surface area contributed by atoms with E-state index in [0.29, 0.717) is 10.9 Å². The highest BCUT2D eigenvalue weighted by atomic mass is 16.1. The first-order valence-electron chi connectivity index (χ1n) is 4.56. The van der Waals surface area contributed by atoms with Crippen LogP contribution in [-0.4, -0.2) is 15.0 Å². The number of fused-ring (bicyclic) bond motifs is 3. The topological polar surface area (TPSA) is 58.6 Å². The van der Waals surface area contributed by atoms with Crippen LogP contribution in [-0.2, 0) is 0 Å². The van der Waals surface area contributed by atoms with Gasteiger partial charge in [0.1, 0.15) is 0 Å². The van der Waals surface area contributed by atoms with Crippen LogP contribution in [0.4, 0.5) is 0 Å². The fraction of sp³-hybridized carbons (Fsp3) is 0. The molecule has 0 aliphatic rings. The summed E-state index contributed by atoms with van der Waals surface area (Å²) in [4.78, 5) is 22.4. The maximum absolute atomic E-state index is 11.7. The van der Waals surface area contributed by atoms with Gasteiger partial charge in [-0.2, -0.15) is 0 Å². The van der Waals surface area contributed by atoms with Gasteiger partial charge in [0.25, 0.3) is 5.56 Å². The number of pyridine rings is 1. The molecule has 0 aliphatic carbocycles. The number of rotatable bonds is 0. The number of nitrogens with zero attached hydrogens (tertiary/aromatic N) is 2. The van der Waals surface area contributed by atoms with Gasteiger partial charge in [0.05, 0.1) is 17.2 Å². The van der Waals surface area contributed by atoms with Gasteiger partial charge in [-0.15, -0.1) is 0 Å². The van der Waals surface area contributed by atoms with Crippen LogP contribution in [0.25, 0.3) is 21.7 Å². The van der Waals surface area contributed by atoms with Crippen molar-refractivity contribution in [3.8, 4) is 0 Å². The fourth-order valence-corrected chi connectivity index (χ4v) is 1.73. The minimum absolute atomic E-state index is 0.126. The highest BCUT2D eigenvalue weighted by molar-refractivity contribution is 6.04. The van der Waals surface area contributed by atoms with Crippen molar-refractivity contribution in [3.63, 3.8) is 0 Å². The summed E-state index contributed by atoms with van der Waals surface area (Å²) in [5.74, 6) is 0.